The van der Waals surface area contributed by atoms with Crippen LogP contribution in [0.1, 0.15) is 35.2 Å². The van der Waals surface area contributed by atoms with E-state index in [1.807, 2.05) is 6.08 Å². The zero-order valence-corrected chi connectivity index (χ0v) is 17.1. The molecular formula is C23H23N5O2. The third-order valence-corrected chi connectivity index (χ3v) is 5.95. The van der Waals surface area contributed by atoms with Gasteiger partial charge in [0, 0.05) is 24.9 Å². The van der Waals surface area contributed by atoms with E-state index < -0.39 is 17.3 Å². The lowest BCUT2D eigenvalue weighted by Gasteiger charge is -2.45. The van der Waals surface area contributed by atoms with E-state index in [1.165, 1.54) is 7.11 Å². The average Bonchev–Trinajstić information content (AvgIpc) is 2.78. The van der Waals surface area contributed by atoms with Crippen LogP contribution in [0, 0.1) is 45.3 Å². The van der Waals surface area contributed by atoms with Gasteiger partial charge >= 0.3 is 5.97 Å². The Bertz CT molecular complexity index is 1020. The fourth-order valence-electron chi connectivity index (χ4n) is 4.52. The van der Waals surface area contributed by atoms with E-state index in [2.05, 4.69) is 30.0 Å². The fraction of sp³-hybridized carbons (Fsp3) is 0.391. The molecule has 0 amide bonds. The van der Waals surface area contributed by atoms with Crippen molar-refractivity contribution in [2.75, 3.05) is 26.7 Å². The van der Waals surface area contributed by atoms with Crippen LogP contribution in [0.25, 0.3) is 0 Å². The molecule has 0 spiro atoms. The van der Waals surface area contributed by atoms with Crippen LogP contribution < -0.4 is 5.73 Å². The first-order valence-electron chi connectivity index (χ1n) is 9.81. The second-order valence-electron chi connectivity index (χ2n) is 7.53. The summed E-state index contributed by atoms with van der Waals surface area (Å²) in [7, 11) is 1.32. The van der Waals surface area contributed by atoms with E-state index in [0.717, 1.165) is 18.5 Å². The first-order chi connectivity index (χ1) is 14.5. The van der Waals surface area contributed by atoms with Gasteiger partial charge in [-0.25, -0.2) is 4.79 Å². The number of nitriles is 3. The number of hydrogen-bond acceptors (Lipinski definition) is 7. The molecule has 0 unspecified atom stereocenters. The Kier molecular flexibility index (Phi) is 5.92. The number of fused-ring (bicyclic) bond motifs is 1. The van der Waals surface area contributed by atoms with Gasteiger partial charge in [-0.2, -0.15) is 15.8 Å². The number of carbonyl (C=O) groups excluding carboxylic acids is 1. The molecule has 0 saturated carbocycles. The highest BCUT2D eigenvalue weighted by molar-refractivity contribution is 5.89. The lowest BCUT2D eigenvalue weighted by molar-refractivity contribution is 0.0600. The summed E-state index contributed by atoms with van der Waals surface area (Å²) < 4.78 is 4.76. The molecule has 0 saturated heterocycles. The summed E-state index contributed by atoms with van der Waals surface area (Å²) >= 11 is 0. The number of carbonyl (C=O) groups is 1. The van der Waals surface area contributed by atoms with E-state index in [9.17, 15) is 20.6 Å². The molecule has 30 heavy (non-hydrogen) atoms. The van der Waals surface area contributed by atoms with Gasteiger partial charge in [-0.05, 0) is 36.2 Å². The highest BCUT2D eigenvalue weighted by Crippen LogP contribution is 2.52. The van der Waals surface area contributed by atoms with Crippen molar-refractivity contribution in [2.24, 2.45) is 17.1 Å². The van der Waals surface area contributed by atoms with Crippen LogP contribution in [0.3, 0.4) is 0 Å². The Labute approximate surface area is 176 Å². The van der Waals surface area contributed by atoms with Gasteiger partial charge in [-0.15, -0.1) is 0 Å². The molecular weight excluding hydrogens is 378 g/mol. The molecule has 1 aliphatic heterocycles. The Morgan fingerprint density at radius 3 is 2.47 bits per heavy atom. The summed E-state index contributed by atoms with van der Waals surface area (Å²) in [6, 6.07) is 13.2. The maximum atomic E-state index is 11.8. The van der Waals surface area contributed by atoms with E-state index in [0.29, 0.717) is 24.2 Å². The maximum absolute atomic E-state index is 11.8. The second kappa shape index (κ2) is 8.41. The van der Waals surface area contributed by atoms with Crippen molar-refractivity contribution in [1.82, 2.24) is 4.90 Å². The van der Waals surface area contributed by atoms with Crippen LogP contribution in [0.5, 0.6) is 0 Å². The predicted molar refractivity (Wildman–Crippen MR) is 109 cm³/mol. The van der Waals surface area contributed by atoms with Crippen LogP contribution in [-0.4, -0.2) is 37.6 Å². The number of nitrogens with zero attached hydrogens (tertiary/aromatic N) is 4. The topological polar surface area (TPSA) is 127 Å². The second-order valence-corrected chi connectivity index (χ2v) is 7.53. The largest absolute Gasteiger partial charge is 0.465 e. The standard InChI is InChI=1S/C23H23N5O2/c1-3-9-28-10-8-19-18(12-28)20(15-4-6-16(7-5-15)22(29)30-2)17(11-24)21(27)23(19,13-25)14-26/h4-8,18,20H,3,9-10,12,27H2,1-2H3/t18-,20+/m1/s1. The van der Waals surface area contributed by atoms with E-state index in [1.54, 1.807) is 24.3 Å². The highest BCUT2D eigenvalue weighted by Gasteiger charge is 2.52. The molecule has 152 valence electrons. The Balaban J connectivity index is 2.19. The Morgan fingerprint density at radius 1 is 1.27 bits per heavy atom. The zero-order valence-electron chi connectivity index (χ0n) is 17.1. The number of ether oxygens (including phenoxy) is 1. The Morgan fingerprint density at radius 2 is 1.93 bits per heavy atom. The number of rotatable bonds is 4. The summed E-state index contributed by atoms with van der Waals surface area (Å²) in [6.45, 7) is 4.22. The first-order valence-corrected chi connectivity index (χ1v) is 9.81. The molecule has 1 heterocycles. The highest BCUT2D eigenvalue weighted by atomic mass is 16.5. The number of esters is 1. The minimum absolute atomic E-state index is 0.00323. The zero-order chi connectivity index (χ0) is 21.9. The maximum Gasteiger partial charge on any atom is 0.337 e. The van der Waals surface area contributed by atoms with Crippen molar-refractivity contribution in [3.05, 3.63) is 58.3 Å². The van der Waals surface area contributed by atoms with Gasteiger partial charge in [-0.3, -0.25) is 4.90 Å². The Hall–Kier alpha value is -3.60. The summed E-state index contributed by atoms with van der Waals surface area (Å²) in [6.07, 6.45) is 2.90. The normalized spacial score (nSPS) is 22.7. The molecule has 0 bridgehead atoms. The van der Waals surface area contributed by atoms with Crippen molar-refractivity contribution < 1.29 is 9.53 Å². The van der Waals surface area contributed by atoms with Gasteiger partial charge in [0.05, 0.1) is 42.2 Å². The molecule has 2 aliphatic rings. The number of hydrogen-bond donors (Lipinski definition) is 1. The molecule has 3 rings (SSSR count). The average molecular weight is 401 g/mol. The predicted octanol–water partition coefficient (Wildman–Crippen LogP) is 2.61. The van der Waals surface area contributed by atoms with Gasteiger partial charge in [0.25, 0.3) is 0 Å². The minimum atomic E-state index is -1.63. The molecule has 7 heteroatoms. The molecule has 0 radical (unpaired) electrons. The molecule has 0 aromatic heterocycles. The van der Waals surface area contributed by atoms with Crippen molar-refractivity contribution in [3.8, 4) is 18.2 Å². The fourth-order valence-corrected chi connectivity index (χ4v) is 4.52. The lowest BCUT2D eigenvalue weighted by atomic mass is 9.60. The van der Waals surface area contributed by atoms with Crippen LogP contribution in [0.4, 0.5) is 0 Å². The van der Waals surface area contributed by atoms with Gasteiger partial charge in [0.15, 0.2) is 0 Å². The molecule has 2 atom stereocenters. The van der Waals surface area contributed by atoms with Crippen LogP contribution in [-0.2, 0) is 4.74 Å². The monoisotopic (exact) mass is 401 g/mol. The quantitative estimate of drug-likeness (QED) is 0.607. The molecule has 1 aromatic carbocycles. The van der Waals surface area contributed by atoms with Crippen molar-refractivity contribution in [3.63, 3.8) is 0 Å². The minimum Gasteiger partial charge on any atom is -0.465 e. The molecule has 0 fully saturated rings. The molecule has 7 nitrogen and oxygen atoms in total. The smallest absolute Gasteiger partial charge is 0.337 e. The summed E-state index contributed by atoms with van der Waals surface area (Å²) in [5.41, 5.74) is 6.79. The SMILES string of the molecule is CCCN1CC=C2[C@@H](C1)[C@@H](c1ccc(C(=O)OC)cc1)C(C#N)=C(N)C2(C#N)C#N. The van der Waals surface area contributed by atoms with Gasteiger partial charge in [0.1, 0.15) is 0 Å². The number of allylic oxidation sites excluding steroid dienone is 2. The van der Waals surface area contributed by atoms with Crippen LogP contribution in [0.15, 0.2) is 47.2 Å². The third-order valence-electron chi connectivity index (χ3n) is 5.95. The number of benzene rings is 1. The van der Waals surface area contributed by atoms with Crippen molar-refractivity contribution in [1.29, 1.82) is 15.8 Å². The molecule has 1 aromatic rings. The summed E-state index contributed by atoms with van der Waals surface area (Å²) in [5, 5.41) is 29.8. The van der Waals surface area contributed by atoms with E-state index in [4.69, 9.17) is 10.5 Å². The van der Waals surface area contributed by atoms with Crippen molar-refractivity contribution in [2.45, 2.75) is 19.3 Å². The lowest BCUT2D eigenvalue weighted by Crippen LogP contribution is -2.47. The number of methoxy groups -OCH3 is 1. The molecule has 2 N–H and O–H groups in total. The number of nitrogens with two attached hydrogens (primary N) is 1. The van der Waals surface area contributed by atoms with Crippen LogP contribution in [0.2, 0.25) is 0 Å². The first kappa shape index (κ1) is 21.1. The van der Waals surface area contributed by atoms with Crippen molar-refractivity contribution >= 4 is 5.97 Å². The van der Waals surface area contributed by atoms with Gasteiger partial charge in [-0.1, -0.05) is 25.1 Å². The summed E-state index contributed by atoms with van der Waals surface area (Å²) in [5.74, 6) is -1.08. The molecule has 1 aliphatic carbocycles. The van der Waals surface area contributed by atoms with Gasteiger partial charge in [0.2, 0.25) is 5.41 Å². The summed E-state index contributed by atoms with van der Waals surface area (Å²) in [4.78, 5) is 14.0. The third kappa shape index (κ3) is 3.22. The van der Waals surface area contributed by atoms with E-state index >= 15 is 0 Å². The van der Waals surface area contributed by atoms with E-state index in [-0.39, 0.29) is 17.2 Å². The van der Waals surface area contributed by atoms with Gasteiger partial charge < -0.3 is 10.5 Å². The van der Waals surface area contributed by atoms with Crippen LogP contribution >= 0.6 is 0 Å².